The zero-order valence-electron chi connectivity index (χ0n) is 10.3. The molecule has 0 radical (unpaired) electrons. The Hall–Kier alpha value is -1.63. The van der Waals surface area contributed by atoms with Crippen LogP contribution in [-0.4, -0.2) is 53.5 Å². The molecule has 0 bridgehead atoms. The zero-order chi connectivity index (χ0) is 13.3. The van der Waals surface area contributed by atoms with Crippen LogP contribution in [0.1, 0.15) is 25.7 Å². The van der Waals surface area contributed by atoms with E-state index in [0.717, 1.165) is 0 Å². The summed E-state index contributed by atoms with van der Waals surface area (Å²) in [5.74, 6) is -1.05. The molecule has 2 atom stereocenters. The van der Waals surface area contributed by atoms with E-state index in [1.54, 1.807) is 0 Å². The molecule has 2 rings (SSSR count). The monoisotopic (exact) mass is 255 g/mol. The number of hydrogen-bond donors (Lipinski definition) is 1. The van der Waals surface area contributed by atoms with Crippen molar-refractivity contribution in [1.29, 1.82) is 0 Å². The molecule has 0 saturated carbocycles. The van der Waals surface area contributed by atoms with E-state index in [4.69, 9.17) is 5.73 Å². The number of nitrogens with two attached hydrogens (primary N) is 1. The quantitative estimate of drug-likeness (QED) is 0.608. The Morgan fingerprint density at radius 1 is 1.39 bits per heavy atom. The molecule has 0 aromatic rings. The molecule has 2 fully saturated rings. The van der Waals surface area contributed by atoms with Gasteiger partial charge >= 0.3 is 5.97 Å². The van der Waals surface area contributed by atoms with Crippen molar-refractivity contribution in [3.63, 3.8) is 0 Å². The van der Waals surface area contributed by atoms with Gasteiger partial charge in [-0.25, -0.2) is 9.80 Å². The number of rotatable bonds is 1. The fourth-order valence-electron chi connectivity index (χ4n) is 2.41. The van der Waals surface area contributed by atoms with Crippen LogP contribution in [0.3, 0.4) is 0 Å². The topological polar surface area (TPSA) is 92.9 Å². The SMILES string of the molecule is COC(=O)[C@@H]1CCCN2C(=O)CC[C@H](N)C(=O)N12. The molecular formula is C11H17N3O4. The largest absolute Gasteiger partial charge is 0.467 e. The summed E-state index contributed by atoms with van der Waals surface area (Å²) in [5, 5.41) is 2.55. The third-order valence-electron chi connectivity index (χ3n) is 3.38. The lowest BCUT2D eigenvalue weighted by molar-refractivity contribution is -0.181. The molecule has 18 heavy (non-hydrogen) atoms. The van der Waals surface area contributed by atoms with E-state index in [2.05, 4.69) is 4.74 Å². The molecule has 0 unspecified atom stereocenters. The summed E-state index contributed by atoms with van der Waals surface area (Å²) in [6, 6.07) is -1.46. The highest BCUT2D eigenvalue weighted by molar-refractivity contribution is 5.92. The van der Waals surface area contributed by atoms with Crippen molar-refractivity contribution < 1.29 is 19.1 Å². The van der Waals surface area contributed by atoms with E-state index >= 15 is 0 Å². The number of hydrazine groups is 1. The predicted molar refractivity (Wildman–Crippen MR) is 60.8 cm³/mol. The molecule has 2 N–H and O–H groups in total. The average Bonchev–Trinajstić information content (AvgIpc) is 2.50. The fraction of sp³-hybridized carbons (Fsp3) is 0.727. The van der Waals surface area contributed by atoms with Crippen molar-refractivity contribution >= 4 is 17.8 Å². The van der Waals surface area contributed by atoms with Crippen LogP contribution in [0, 0.1) is 0 Å². The standard InChI is InChI=1S/C11H17N3O4/c1-18-11(17)8-3-2-6-13-9(15)5-4-7(12)10(16)14(8)13/h7-8H,2-6,12H2,1H3/t7-,8-/m0/s1. The van der Waals surface area contributed by atoms with Gasteiger partial charge in [-0.3, -0.25) is 14.6 Å². The molecule has 0 aromatic heterocycles. The van der Waals surface area contributed by atoms with Gasteiger partial charge in [-0.05, 0) is 19.3 Å². The van der Waals surface area contributed by atoms with E-state index in [1.807, 2.05) is 0 Å². The number of esters is 1. The highest BCUT2D eigenvalue weighted by Gasteiger charge is 2.43. The van der Waals surface area contributed by atoms with Gasteiger partial charge in [0.25, 0.3) is 5.91 Å². The van der Waals surface area contributed by atoms with Crippen molar-refractivity contribution in [2.24, 2.45) is 5.73 Å². The number of carbonyl (C=O) groups is 3. The Kier molecular flexibility index (Phi) is 3.51. The fourth-order valence-corrected chi connectivity index (χ4v) is 2.41. The lowest BCUT2D eigenvalue weighted by atomic mass is 10.1. The summed E-state index contributed by atoms with van der Waals surface area (Å²) in [5.41, 5.74) is 5.73. The molecule has 0 aliphatic carbocycles. The molecule has 0 aromatic carbocycles. The van der Waals surface area contributed by atoms with Crippen molar-refractivity contribution in [1.82, 2.24) is 10.0 Å². The van der Waals surface area contributed by atoms with Crippen LogP contribution in [0.2, 0.25) is 0 Å². The number of nitrogens with zero attached hydrogens (tertiary/aromatic N) is 2. The van der Waals surface area contributed by atoms with E-state index in [0.29, 0.717) is 25.8 Å². The van der Waals surface area contributed by atoms with Crippen LogP contribution in [0.5, 0.6) is 0 Å². The zero-order valence-corrected chi connectivity index (χ0v) is 10.3. The maximum absolute atomic E-state index is 12.2. The van der Waals surface area contributed by atoms with Crippen molar-refractivity contribution in [3.05, 3.63) is 0 Å². The number of ether oxygens (including phenoxy) is 1. The maximum atomic E-state index is 12.2. The summed E-state index contributed by atoms with van der Waals surface area (Å²) in [6.45, 7) is 0.449. The smallest absolute Gasteiger partial charge is 0.330 e. The molecule has 2 aliphatic heterocycles. The summed E-state index contributed by atoms with van der Waals surface area (Å²) in [4.78, 5) is 35.8. The van der Waals surface area contributed by atoms with E-state index in [-0.39, 0.29) is 18.2 Å². The highest BCUT2D eigenvalue weighted by atomic mass is 16.5. The third-order valence-corrected chi connectivity index (χ3v) is 3.38. The number of methoxy groups -OCH3 is 1. The first-order valence-electron chi connectivity index (χ1n) is 6.03. The molecule has 0 spiro atoms. The number of carbonyl (C=O) groups excluding carboxylic acids is 3. The summed E-state index contributed by atoms with van der Waals surface area (Å²) >= 11 is 0. The molecule has 100 valence electrons. The van der Waals surface area contributed by atoms with Crippen LogP contribution in [0.25, 0.3) is 0 Å². The Bertz CT molecular complexity index is 384. The van der Waals surface area contributed by atoms with Crippen molar-refractivity contribution in [3.8, 4) is 0 Å². The minimum Gasteiger partial charge on any atom is -0.467 e. The van der Waals surface area contributed by atoms with Gasteiger partial charge in [0, 0.05) is 13.0 Å². The molecule has 2 saturated heterocycles. The second-order valence-electron chi connectivity index (χ2n) is 4.53. The number of amides is 2. The first kappa shape index (κ1) is 12.8. The molecular weight excluding hydrogens is 238 g/mol. The van der Waals surface area contributed by atoms with Crippen molar-refractivity contribution in [2.45, 2.75) is 37.8 Å². The number of fused-ring (bicyclic) bond motifs is 1. The van der Waals surface area contributed by atoms with Gasteiger partial charge in [0.15, 0.2) is 6.04 Å². The first-order chi connectivity index (χ1) is 8.56. The van der Waals surface area contributed by atoms with Crippen LogP contribution in [0.4, 0.5) is 0 Å². The molecule has 7 heteroatoms. The van der Waals surface area contributed by atoms with Gasteiger partial charge < -0.3 is 10.5 Å². The highest BCUT2D eigenvalue weighted by Crippen LogP contribution is 2.24. The lowest BCUT2D eigenvalue weighted by Crippen LogP contribution is -2.61. The lowest BCUT2D eigenvalue weighted by Gasteiger charge is -2.42. The van der Waals surface area contributed by atoms with Crippen LogP contribution < -0.4 is 5.73 Å². The van der Waals surface area contributed by atoms with Gasteiger partial charge in [0.05, 0.1) is 13.2 Å². The third kappa shape index (κ3) is 2.05. The minimum atomic E-state index is -0.732. The Morgan fingerprint density at radius 3 is 2.78 bits per heavy atom. The van der Waals surface area contributed by atoms with E-state index < -0.39 is 18.1 Å². The second kappa shape index (κ2) is 4.93. The first-order valence-corrected chi connectivity index (χ1v) is 6.03. The van der Waals surface area contributed by atoms with Crippen LogP contribution in [-0.2, 0) is 19.1 Å². The molecule has 2 amide bonds. The molecule has 2 aliphatic rings. The summed E-state index contributed by atoms with van der Waals surface area (Å²) in [6.07, 6.45) is 1.72. The molecule has 7 nitrogen and oxygen atoms in total. The van der Waals surface area contributed by atoms with Gasteiger partial charge in [-0.2, -0.15) is 0 Å². The summed E-state index contributed by atoms with van der Waals surface area (Å²) in [7, 11) is 1.27. The maximum Gasteiger partial charge on any atom is 0.330 e. The minimum absolute atomic E-state index is 0.162. The Morgan fingerprint density at radius 2 is 2.11 bits per heavy atom. The predicted octanol–water partition coefficient (Wildman–Crippen LogP) is -0.985. The Labute approximate surface area is 105 Å². The van der Waals surface area contributed by atoms with E-state index in [1.165, 1.54) is 17.1 Å². The second-order valence-corrected chi connectivity index (χ2v) is 4.53. The van der Waals surface area contributed by atoms with Gasteiger partial charge in [-0.1, -0.05) is 0 Å². The van der Waals surface area contributed by atoms with Crippen LogP contribution >= 0.6 is 0 Å². The van der Waals surface area contributed by atoms with Gasteiger partial charge in [-0.15, -0.1) is 0 Å². The normalized spacial score (nSPS) is 28.8. The van der Waals surface area contributed by atoms with E-state index in [9.17, 15) is 14.4 Å². The molecule has 2 heterocycles. The summed E-state index contributed by atoms with van der Waals surface area (Å²) < 4.78 is 4.69. The number of hydrogen-bond acceptors (Lipinski definition) is 5. The van der Waals surface area contributed by atoms with Crippen molar-refractivity contribution in [2.75, 3.05) is 13.7 Å². The Balaban J connectivity index is 2.32. The van der Waals surface area contributed by atoms with Gasteiger partial charge in [0.1, 0.15) is 0 Å². The average molecular weight is 255 g/mol. The van der Waals surface area contributed by atoms with Crippen LogP contribution in [0.15, 0.2) is 0 Å². The van der Waals surface area contributed by atoms with Gasteiger partial charge in [0.2, 0.25) is 5.91 Å².